The Morgan fingerprint density at radius 3 is 2.31 bits per heavy atom. The highest BCUT2D eigenvalue weighted by molar-refractivity contribution is 6.67. The van der Waals surface area contributed by atoms with Gasteiger partial charge in [-0.25, -0.2) is 0 Å². The largest absolute Gasteiger partial charge is 0.275 e. The van der Waals surface area contributed by atoms with E-state index >= 15 is 0 Å². The summed E-state index contributed by atoms with van der Waals surface area (Å²) in [5.74, 6) is 0. The third-order valence-electron chi connectivity index (χ3n) is 1.80. The fourth-order valence-electron chi connectivity index (χ4n) is 0.997. The van der Waals surface area contributed by atoms with Gasteiger partial charge in [0.1, 0.15) is 0 Å². The molecule has 0 aliphatic heterocycles. The summed E-state index contributed by atoms with van der Waals surface area (Å²) in [5, 5.41) is 3.76. The third-order valence-corrected chi connectivity index (χ3v) is 2.00. The van der Waals surface area contributed by atoms with E-state index in [0.717, 1.165) is 0 Å². The molecule has 0 saturated carbocycles. The lowest BCUT2D eigenvalue weighted by atomic mass is 10.1. The molecule has 1 rings (SSSR count). The van der Waals surface area contributed by atoms with Gasteiger partial charge in [-0.05, 0) is 39.3 Å². The molecule has 4 heteroatoms. The van der Waals surface area contributed by atoms with Gasteiger partial charge in [-0.15, -0.1) is 0 Å². The van der Waals surface area contributed by atoms with Crippen LogP contribution < -0.4 is 0 Å². The van der Waals surface area contributed by atoms with E-state index in [0.29, 0.717) is 11.3 Å². The molecule has 0 N–H and O–H groups in total. The van der Waals surface area contributed by atoms with Gasteiger partial charge in [-0.1, -0.05) is 0 Å². The number of aryl methyl sites for hydroxylation is 1. The molecule has 0 unspecified atom stereocenters. The summed E-state index contributed by atoms with van der Waals surface area (Å²) in [6, 6.07) is 0. The van der Waals surface area contributed by atoms with Gasteiger partial charge in [0.2, 0.25) is 0 Å². The minimum absolute atomic E-state index is 0.116. The van der Waals surface area contributed by atoms with Crippen LogP contribution in [0, 0.1) is 6.92 Å². The summed E-state index contributed by atoms with van der Waals surface area (Å²) in [5.41, 5.74) is 1.04. The molecule has 0 saturated heterocycles. The summed E-state index contributed by atoms with van der Waals surface area (Å²) >= 11 is 5.38. The molecule has 3 nitrogen and oxygen atoms in total. The first-order chi connectivity index (χ1) is 5.82. The van der Waals surface area contributed by atoms with E-state index < -0.39 is 5.24 Å². The zero-order valence-corrected chi connectivity index (χ0v) is 9.01. The monoisotopic (exact) mass is 200 g/mol. The maximum Gasteiger partial charge on any atom is 0.255 e. The second-order valence-electron chi connectivity index (χ2n) is 4.02. The van der Waals surface area contributed by atoms with Gasteiger partial charge in [0.05, 0.1) is 16.8 Å². The summed E-state index contributed by atoms with van der Waals surface area (Å²) in [7, 11) is 0. The summed E-state index contributed by atoms with van der Waals surface area (Å²) in [6.45, 7) is 7.82. The Hall–Kier alpha value is -0.830. The molecule has 0 spiro atoms. The van der Waals surface area contributed by atoms with Crippen molar-refractivity contribution >= 4 is 16.8 Å². The number of halogens is 1. The molecular weight excluding hydrogens is 188 g/mol. The second-order valence-corrected chi connectivity index (χ2v) is 4.36. The van der Waals surface area contributed by atoms with Crippen LogP contribution in [0.5, 0.6) is 0 Å². The Bertz CT molecular complexity index is 336. The van der Waals surface area contributed by atoms with Crippen molar-refractivity contribution < 1.29 is 4.79 Å². The van der Waals surface area contributed by atoms with E-state index in [-0.39, 0.29) is 5.54 Å². The van der Waals surface area contributed by atoms with E-state index in [1.807, 2.05) is 20.8 Å². The van der Waals surface area contributed by atoms with Crippen LogP contribution in [0.2, 0.25) is 0 Å². The fraction of sp³-hybridized carbons (Fsp3) is 0.556. The van der Waals surface area contributed by atoms with Gasteiger partial charge in [0.25, 0.3) is 5.24 Å². The van der Waals surface area contributed by atoms with Gasteiger partial charge in [-0.2, -0.15) is 5.10 Å². The Morgan fingerprint density at radius 2 is 2.08 bits per heavy atom. The number of hydrogen-bond acceptors (Lipinski definition) is 2. The maximum atomic E-state index is 10.9. The fourth-order valence-corrected chi connectivity index (χ4v) is 1.18. The molecule has 0 fully saturated rings. The molecule has 1 aromatic rings. The van der Waals surface area contributed by atoms with Crippen molar-refractivity contribution in [1.29, 1.82) is 0 Å². The van der Waals surface area contributed by atoms with Gasteiger partial charge in [0, 0.05) is 6.20 Å². The smallest absolute Gasteiger partial charge is 0.255 e. The van der Waals surface area contributed by atoms with Crippen LogP contribution in [0.15, 0.2) is 6.20 Å². The van der Waals surface area contributed by atoms with E-state index in [1.165, 1.54) is 0 Å². The average molecular weight is 201 g/mol. The van der Waals surface area contributed by atoms with Crippen LogP contribution in [0.3, 0.4) is 0 Å². The van der Waals surface area contributed by atoms with Crippen LogP contribution in [0.1, 0.15) is 36.8 Å². The predicted molar refractivity (Wildman–Crippen MR) is 52.1 cm³/mol. The number of nitrogens with zero attached hydrogens (tertiary/aromatic N) is 2. The second kappa shape index (κ2) is 3.14. The van der Waals surface area contributed by atoms with Gasteiger partial charge in [0.15, 0.2) is 0 Å². The predicted octanol–water partition coefficient (Wildman–Crippen LogP) is 2.33. The van der Waals surface area contributed by atoms with Gasteiger partial charge in [-0.3, -0.25) is 9.48 Å². The number of carbonyl (C=O) groups is 1. The highest BCUT2D eigenvalue weighted by atomic mass is 35.5. The Morgan fingerprint density at radius 1 is 1.54 bits per heavy atom. The van der Waals surface area contributed by atoms with E-state index in [9.17, 15) is 4.79 Å². The molecule has 72 valence electrons. The Kier molecular flexibility index (Phi) is 2.48. The molecule has 0 amide bonds. The first-order valence-corrected chi connectivity index (χ1v) is 4.47. The normalized spacial score (nSPS) is 11.8. The molecule has 0 radical (unpaired) electrons. The third kappa shape index (κ3) is 2.10. The molecular formula is C9H13ClN2O. The Labute approximate surface area is 82.7 Å². The lowest BCUT2D eigenvalue weighted by Crippen LogP contribution is -2.22. The van der Waals surface area contributed by atoms with Crippen molar-refractivity contribution in [3.05, 3.63) is 17.5 Å². The molecule has 1 aromatic heterocycles. The van der Waals surface area contributed by atoms with Crippen molar-refractivity contribution in [3.8, 4) is 0 Å². The standard InChI is InChI=1S/C9H13ClN2O/c1-6-7(8(10)13)5-12(11-6)9(2,3)4/h5H,1-4H3. The zero-order chi connectivity index (χ0) is 10.2. The van der Waals surface area contributed by atoms with Crippen molar-refractivity contribution in [2.45, 2.75) is 33.2 Å². The number of carbonyl (C=O) groups excluding carboxylic acids is 1. The summed E-state index contributed by atoms with van der Waals surface area (Å²) in [6.07, 6.45) is 1.69. The summed E-state index contributed by atoms with van der Waals surface area (Å²) < 4.78 is 1.75. The lowest BCUT2D eigenvalue weighted by molar-refractivity contribution is 0.108. The van der Waals surface area contributed by atoms with E-state index in [2.05, 4.69) is 5.10 Å². The molecule has 0 aromatic carbocycles. The zero-order valence-electron chi connectivity index (χ0n) is 8.26. The quantitative estimate of drug-likeness (QED) is 0.653. The molecule has 0 atom stereocenters. The number of rotatable bonds is 1. The van der Waals surface area contributed by atoms with Crippen LogP contribution in [0.4, 0.5) is 0 Å². The molecule has 1 heterocycles. The summed E-state index contributed by atoms with van der Waals surface area (Å²) in [4.78, 5) is 10.9. The minimum atomic E-state index is -0.451. The van der Waals surface area contributed by atoms with Crippen molar-refractivity contribution in [2.75, 3.05) is 0 Å². The van der Waals surface area contributed by atoms with Crippen molar-refractivity contribution in [1.82, 2.24) is 9.78 Å². The first kappa shape index (κ1) is 10.3. The maximum absolute atomic E-state index is 10.9. The van der Waals surface area contributed by atoms with Crippen LogP contribution in [0.25, 0.3) is 0 Å². The Balaban J connectivity index is 3.17. The van der Waals surface area contributed by atoms with Gasteiger partial charge >= 0.3 is 0 Å². The molecule has 13 heavy (non-hydrogen) atoms. The average Bonchev–Trinajstić information content (AvgIpc) is 2.29. The molecule has 0 aliphatic rings. The highest BCUT2D eigenvalue weighted by Crippen LogP contribution is 2.17. The molecule has 0 bridgehead atoms. The first-order valence-electron chi connectivity index (χ1n) is 4.09. The molecule has 0 aliphatic carbocycles. The number of aromatic nitrogens is 2. The topological polar surface area (TPSA) is 34.9 Å². The van der Waals surface area contributed by atoms with E-state index in [4.69, 9.17) is 11.6 Å². The van der Waals surface area contributed by atoms with E-state index in [1.54, 1.807) is 17.8 Å². The highest BCUT2D eigenvalue weighted by Gasteiger charge is 2.18. The van der Waals surface area contributed by atoms with Crippen LogP contribution in [-0.4, -0.2) is 15.0 Å². The SMILES string of the molecule is Cc1nn(C(C)(C)C)cc1C(=O)Cl. The lowest BCUT2D eigenvalue weighted by Gasteiger charge is -2.18. The van der Waals surface area contributed by atoms with Crippen LogP contribution >= 0.6 is 11.6 Å². The van der Waals surface area contributed by atoms with Gasteiger partial charge < -0.3 is 0 Å². The van der Waals surface area contributed by atoms with Crippen molar-refractivity contribution in [2.24, 2.45) is 0 Å². The minimum Gasteiger partial charge on any atom is -0.275 e. The van der Waals surface area contributed by atoms with Crippen LogP contribution in [-0.2, 0) is 5.54 Å². The number of hydrogen-bond donors (Lipinski definition) is 0. The van der Waals surface area contributed by atoms with Crippen molar-refractivity contribution in [3.63, 3.8) is 0 Å².